The molecular formula is C24H33FN2O. The lowest BCUT2D eigenvalue weighted by Gasteiger charge is -2.47. The van der Waals surface area contributed by atoms with Crippen molar-refractivity contribution in [3.05, 3.63) is 35.9 Å². The van der Waals surface area contributed by atoms with Crippen LogP contribution in [0.5, 0.6) is 0 Å². The minimum absolute atomic E-state index is 0.0184. The Morgan fingerprint density at radius 2 is 2.04 bits per heavy atom. The highest BCUT2D eigenvalue weighted by atomic mass is 19.1. The molecule has 4 heteroatoms. The van der Waals surface area contributed by atoms with Gasteiger partial charge in [-0.05, 0) is 87.1 Å². The Bertz CT molecular complexity index is 754. The Hall–Kier alpha value is -1.42. The highest BCUT2D eigenvalue weighted by Gasteiger charge is 2.71. The van der Waals surface area contributed by atoms with Gasteiger partial charge in [-0.2, -0.15) is 0 Å². The molecule has 2 N–H and O–H groups in total. The van der Waals surface area contributed by atoms with Crippen LogP contribution in [-0.2, 0) is 10.2 Å². The first-order chi connectivity index (χ1) is 13.5. The minimum Gasteiger partial charge on any atom is -0.353 e. The molecule has 1 aromatic carbocycles. The van der Waals surface area contributed by atoms with Gasteiger partial charge in [0, 0.05) is 12.1 Å². The maximum Gasteiger partial charge on any atom is 0.226 e. The van der Waals surface area contributed by atoms with Crippen LogP contribution < -0.4 is 10.6 Å². The van der Waals surface area contributed by atoms with Gasteiger partial charge in [0.15, 0.2) is 0 Å². The van der Waals surface area contributed by atoms with Crippen LogP contribution in [0, 0.1) is 16.7 Å². The number of alkyl halides is 1. The van der Waals surface area contributed by atoms with Crippen LogP contribution in [-0.4, -0.2) is 31.2 Å². The van der Waals surface area contributed by atoms with Gasteiger partial charge in [0.2, 0.25) is 5.91 Å². The number of hydrogen-bond acceptors (Lipinski definition) is 2. The molecular weight excluding hydrogens is 351 g/mol. The summed E-state index contributed by atoms with van der Waals surface area (Å²) in [7, 11) is 0. The third-order valence-electron chi connectivity index (χ3n) is 8.57. The lowest BCUT2D eigenvalue weighted by atomic mass is 9.57. The second kappa shape index (κ2) is 6.55. The summed E-state index contributed by atoms with van der Waals surface area (Å²) in [5.41, 5.74) is 1.18. The molecule has 6 atom stereocenters. The molecule has 1 amide bonds. The lowest BCUT2D eigenvalue weighted by molar-refractivity contribution is -0.137. The first-order valence-corrected chi connectivity index (χ1v) is 11.2. The van der Waals surface area contributed by atoms with E-state index in [-0.39, 0.29) is 34.9 Å². The molecule has 1 saturated heterocycles. The first kappa shape index (κ1) is 18.6. The smallest absolute Gasteiger partial charge is 0.226 e. The second-order valence-electron chi connectivity index (χ2n) is 10.4. The SMILES string of the molecule is C[C@H]1C[C@@H](NC(=O)C23CC4C[C@@](CCF)(C2)C[C@@]4(c2ccccc2)C3)CCN1. The predicted octanol–water partition coefficient (Wildman–Crippen LogP) is 4.12. The highest BCUT2D eigenvalue weighted by molar-refractivity contribution is 5.84. The van der Waals surface area contributed by atoms with Crippen LogP contribution in [0.3, 0.4) is 0 Å². The average molecular weight is 385 g/mol. The normalized spacial score (nSPS) is 44.0. The number of carbonyl (C=O) groups excluding carboxylic acids is 1. The molecule has 1 aliphatic heterocycles. The largest absolute Gasteiger partial charge is 0.353 e. The molecule has 2 unspecified atom stereocenters. The van der Waals surface area contributed by atoms with Gasteiger partial charge in [-0.1, -0.05) is 30.3 Å². The fourth-order valence-electron chi connectivity index (χ4n) is 7.76. The molecule has 0 aromatic heterocycles. The summed E-state index contributed by atoms with van der Waals surface area (Å²) >= 11 is 0. The van der Waals surface area contributed by atoms with Crippen LogP contribution in [0.15, 0.2) is 30.3 Å². The number of benzene rings is 1. The van der Waals surface area contributed by atoms with Crippen LogP contribution in [0.1, 0.15) is 63.9 Å². The molecule has 152 valence electrons. The summed E-state index contributed by atoms with van der Waals surface area (Å²) in [5, 5.41) is 6.90. The summed E-state index contributed by atoms with van der Waals surface area (Å²) in [6.45, 7) is 2.90. The van der Waals surface area contributed by atoms with Crippen LogP contribution in [0.2, 0.25) is 0 Å². The highest BCUT2D eigenvalue weighted by Crippen LogP contribution is 2.75. The number of hydrogen-bond donors (Lipinski definition) is 2. The van der Waals surface area contributed by atoms with Crippen molar-refractivity contribution >= 4 is 5.91 Å². The lowest BCUT2D eigenvalue weighted by Crippen LogP contribution is -2.53. The number of piperidine rings is 1. The van der Waals surface area contributed by atoms with Crippen molar-refractivity contribution in [3.8, 4) is 0 Å². The van der Waals surface area contributed by atoms with Gasteiger partial charge >= 0.3 is 0 Å². The first-order valence-electron chi connectivity index (χ1n) is 11.2. The zero-order valence-corrected chi connectivity index (χ0v) is 17.0. The maximum atomic E-state index is 13.6. The van der Waals surface area contributed by atoms with Crippen molar-refractivity contribution < 1.29 is 9.18 Å². The Morgan fingerprint density at radius 3 is 2.79 bits per heavy atom. The van der Waals surface area contributed by atoms with Crippen molar-refractivity contribution in [2.24, 2.45) is 16.7 Å². The van der Waals surface area contributed by atoms with Crippen LogP contribution in [0.4, 0.5) is 4.39 Å². The molecule has 28 heavy (non-hydrogen) atoms. The Kier molecular flexibility index (Phi) is 4.35. The van der Waals surface area contributed by atoms with E-state index in [0.29, 0.717) is 18.4 Å². The third kappa shape index (κ3) is 2.74. The molecule has 4 aliphatic carbocycles. The summed E-state index contributed by atoms with van der Waals surface area (Å²) in [6.07, 6.45) is 7.64. The minimum atomic E-state index is -0.291. The van der Waals surface area contributed by atoms with Gasteiger partial charge in [-0.25, -0.2) is 0 Å². The Morgan fingerprint density at radius 1 is 1.21 bits per heavy atom. The zero-order valence-electron chi connectivity index (χ0n) is 17.0. The number of halogens is 1. The number of nitrogens with one attached hydrogen (secondary N) is 2. The third-order valence-corrected chi connectivity index (χ3v) is 8.57. The van der Waals surface area contributed by atoms with Gasteiger partial charge in [-0.3, -0.25) is 9.18 Å². The van der Waals surface area contributed by atoms with Crippen molar-refractivity contribution in [2.45, 2.75) is 75.8 Å². The van der Waals surface area contributed by atoms with Gasteiger partial charge < -0.3 is 10.6 Å². The molecule has 4 saturated carbocycles. The summed E-state index contributed by atoms with van der Waals surface area (Å²) in [6, 6.07) is 11.5. The molecule has 5 aliphatic rings. The summed E-state index contributed by atoms with van der Waals surface area (Å²) in [5.74, 6) is 0.782. The molecule has 6 rings (SSSR count). The Balaban J connectivity index is 1.45. The van der Waals surface area contributed by atoms with Gasteiger partial charge in [0.25, 0.3) is 0 Å². The van der Waals surface area contributed by atoms with E-state index in [0.717, 1.165) is 51.5 Å². The number of amides is 1. The molecule has 5 fully saturated rings. The summed E-state index contributed by atoms with van der Waals surface area (Å²) < 4.78 is 13.5. The van der Waals surface area contributed by atoms with Crippen molar-refractivity contribution in [1.29, 1.82) is 0 Å². The van der Waals surface area contributed by atoms with E-state index in [9.17, 15) is 9.18 Å². The summed E-state index contributed by atoms with van der Waals surface area (Å²) in [4.78, 5) is 13.6. The molecule has 1 heterocycles. The van der Waals surface area contributed by atoms with Crippen LogP contribution in [0.25, 0.3) is 0 Å². The number of carbonyl (C=O) groups is 1. The van der Waals surface area contributed by atoms with E-state index in [1.54, 1.807) is 0 Å². The van der Waals surface area contributed by atoms with E-state index < -0.39 is 0 Å². The van der Waals surface area contributed by atoms with E-state index in [1.807, 2.05) is 0 Å². The quantitative estimate of drug-likeness (QED) is 0.802. The molecule has 0 radical (unpaired) electrons. The van der Waals surface area contributed by atoms with Gasteiger partial charge in [0.1, 0.15) is 0 Å². The molecule has 3 nitrogen and oxygen atoms in total. The van der Waals surface area contributed by atoms with Gasteiger partial charge in [0.05, 0.1) is 12.1 Å². The maximum absolute atomic E-state index is 13.6. The topological polar surface area (TPSA) is 41.1 Å². The number of rotatable bonds is 5. The predicted molar refractivity (Wildman–Crippen MR) is 109 cm³/mol. The van der Waals surface area contributed by atoms with E-state index >= 15 is 0 Å². The average Bonchev–Trinajstić information content (AvgIpc) is 3.04. The molecule has 1 aromatic rings. The standard InChI is InChI=1S/C24H33FN2O/c1-17-11-20(7-10-26-17)27-21(28)23-13-19-12-22(14-23,8-9-25)15-24(19,16-23)18-5-3-2-4-6-18/h2-6,17,19-20,26H,7-16H2,1H3,(H,27,28)/t17-,19?,20-,22-,23?,24-/m0/s1. The van der Waals surface area contributed by atoms with Gasteiger partial charge in [-0.15, -0.1) is 0 Å². The zero-order chi connectivity index (χ0) is 19.4. The fourth-order valence-corrected chi connectivity index (χ4v) is 7.76. The second-order valence-corrected chi connectivity index (χ2v) is 10.4. The van der Waals surface area contributed by atoms with Crippen molar-refractivity contribution in [1.82, 2.24) is 10.6 Å². The van der Waals surface area contributed by atoms with Crippen LogP contribution >= 0.6 is 0 Å². The van der Waals surface area contributed by atoms with Crippen molar-refractivity contribution in [3.63, 3.8) is 0 Å². The van der Waals surface area contributed by atoms with E-state index in [4.69, 9.17) is 0 Å². The van der Waals surface area contributed by atoms with Crippen molar-refractivity contribution in [2.75, 3.05) is 13.2 Å². The monoisotopic (exact) mass is 384 g/mol. The fraction of sp³-hybridized carbons (Fsp3) is 0.708. The van der Waals surface area contributed by atoms with E-state index in [2.05, 4.69) is 47.9 Å². The molecule has 0 spiro atoms. The van der Waals surface area contributed by atoms with E-state index in [1.165, 1.54) is 5.56 Å². The molecule has 4 bridgehead atoms. The Labute approximate surface area is 167 Å².